The fraction of sp³-hybridized carbons (Fsp3) is 0.960. The third-order valence-corrected chi connectivity index (χ3v) is 19.7. The summed E-state index contributed by atoms with van der Waals surface area (Å²) in [6, 6.07) is 0. The molecule has 109 heavy (non-hydrogen) atoms. The second kappa shape index (κ2) is 120. The third kappa shape index (κ3) is 171. The van der Waals surface area contributed by atoms with Gasteiger partial charge in [-0.2, -0.15) is 0 Å². The van der Waals surface area contributed by atoms with E-state index in [1.54, 1.807) is 0 Å². The molecule has 0 rings (SSSR count). The van der Waals surface area contributed by atoms with E-state index < -0.39 is 0 Å². The summed E-state index contributed by atoms with van der Waals surface area (Å²) in [6.45, 7) is 31.5. The predicted molar refractivity (Wildman–Crippen MR) is 513 cm³/mol. The summed E-state index contributed by atoms with van der Waals surface area (Å²) in [7, 11) is 38.3. The van der Waals surface area contributed by atoms with Crippen molar-refractivity contribution in [1.82, 2.24) is 44.1 Å². The highest BCUT2D eigenvalue weighted by Gasteiger charge is 2.06. The van der Waals surface area contributed by atoms with E-state index in [1.807, 2.05) is 0 Å². The molecule has 0 saturated heterocycles. The first-order valence-corrected chi connectivity index (χ1v) is 48.6. The number of rotatable bonds is 70. The zero-order valence-electron chi connectivity index (χ0n) is 82.3. The summed E-state index contributed by atoms with van der Waals surface area (Å²) in [5, 5.41) is 0. The van der Waals surface area contributed by atoms with Gasteiger partial charge in [0.2, 0.25) is 0 Å². The first-order valence-electron chi connectivity index (χ1n) is 48.6. The maximum absolute atomic E-state index is 2.30. The Morgan fingerprint density at radius 2 is 0.330 bits per heavy atom. The van der Waals surface area contributed by atoms with Crippen LogP contribution < -0.4 is 0 Å². The molecule has 0 aromatic carbocycles. The molecule has 9 heteroatoms. The lowest BCUT2D eigenvalue weighted by Gasteiger charge is -2.18. The summed E-state index contributed by atoms with van der Waals surface area (Å²) in [4.78, 5) is 20.1. The molecule has 0 bridgehead atoms. The Bertz CT molecular complexity index is 1460. The second-order valence-electron chi connectivity index (χ2n) is 35.0. The monoisotopic (exact) mass is 1550 g/mol. The van der Waals surface area contributed by atoms with Gasteiger partial charge in [-0.3, -0.25) is 0 Å². The SMILES string of the molecule is CCCCC(CC)CN(C)C.CCCCCCCCC=CN(C)C.CCCCCCCCCCC=CN(C)C.CCCCCCCCCCCCCCN(C)C.CCCCCCCCCCN(C)C.CCCCCCCCCN(C)C.CCCCCCCCN(C)C.CCCCCCN(C)C.CCCCCN(C)C. The lowest BCUT2D eigenvalue weighted by Crippen LogP contribution is -2.21. The molecule has 9 nitrogen and oxygen atoms in total. The molecule has 0 radical (unpaired) electrons. The van der Waals surface area contributed by atoms with Gasteiger partial charge in [-0.15, -0.1) is 0 Å². The van der Waals surface area contributed by atoms with Gasteiger partial charge in [0, 0.05) is 34.7 Å². The first-order chi connectivity index (χ1) is 52.4. The fourth-order valence-electron chi connectivity index (χ4n) is 12.4. The van der Waals surface area contributed by atoms with Gasteiger partial charge in [-0.25, -0.2) is 0 Å². The quantitative estimate of drug-likeness (QED) is 0.0553. The maximum atomic E-state index is 2.30. The van der Waals surface area contributed by atoms with Crippen molar-refractivity contribution in [3.05, 3.63) is 24.6 Å². The average molecular weight is 1550 g/mol. The van der Waals surface area contributed by atoms with Gasteiger partial charge in [0.05, 0.1) is 0 Å². The minimum atomic E-state index is 0.921. The lowest BCUT2D eigenvalue weighted by atomic mass is 9.99. The summed E-state index contributed by atoms with van der Waals surface area (Å²) in [5.41, 5.74) is 0. The van der Waals surface area contributed by atoms with E-state index in [-0.39, 0.29) is 0 Å². The van der Waals surface area contributed by atoms with Crippen molar-refractivity contribution in [2.45, 2.75) is 454 Å². The molecule has 1 atom stereocenters. The van der Waals surface area contributed by atoms with Gasteiger partial charge in [-0.05, 0) is 227 Å². The highest BCUT2D eigenvalue weighted by atomic mass is 15.1. The lowest BCUT2D eigenvalue weighted by molar-refractivity contribution is 0.301. The van der Waals surface area contributed by atoms with E-state index in [1.165, 1.54) is 431 Å². The van der Waals surface area contributed by atoms with E-state index in [4.69, 9.17) is 0 Å². The molecular formula is C100H223N9. The normalized spacial score (nSPS) is 11.3. The highest BCUT2D eigenvalue weighted by Crippen LogP contribution is 2.16. The molecule has 1 unspecified atom stereocenters. The van der Waals surface area contributed by atoms with Crippen molar-refractivity contribution in [2.75, 3.05) is 173 Å². The number of allylic oxidation sites excluding steroid dienone is 2. The van der Waals surface area contributed by atoms with Crippen molar-refractivity contribution in [3.8, 4) is 0 Å². The van der Waals surface area contributed by atoms with Crippen LogP contribution in [-0.2, 0) is 0 Å². The van der Waals surface area contributed by atoms with Gasteiger partial charge in [-0.1, -0.05) is 396 Å². The third-order valence-electron chi connectivity index (χ3n) is 19.7. The Morgan fingerprint density at radius 3 is 0.495 bits per heavy atom. The Morgan fingerprint density at radius 1 is 0.174 bits per heavy atom. The van der Waals surface area contributed by atoms with Crippen molar-refractivity contribution < 1.29 is 0 Å². The van der Waals surface area contributed by atoms with Crippen LogP contribution in [0.2, 0.25) is 0 Å². The van der Waals surface area contributed by atoms with Gasteiger partial charge in [0.15, 0.2) is 0 Å². The molecular weight excluding hydrogens is 1330 g/mol. The van der Waals surface area contributed by atoms with Crippen LogP contribution in [-0.4, -0.2) is 217 Å². The molecule has 0 amide bonds. The predicted octanol–water partition coefficient (Wildman–Crippen LogP) is 30.2. The number of hydrogen-bond donors (Lipinski definition) is 0. The second-order valence-corrected chi connectivity index (χ2v) is 35.0. The number of unbranched alkanes of at least 4 members (excludes halogenated alkanes) is 49. The van der Waals surface area contributed by atoms with Crippen LogP contribution in [0, 0.1) is 5.92 Å². The van der Waals surface area contributed by atoms with Crippen LogP contribution in [0.25, 0.3) is 0 Å². The molecule has 0 spiro atoms. The minimum Gasteiger partial charge on any atom is -0.384 e. The van der Waals surface area contributed by atoms with Crippen LogP contribution >= 0.6 is 0 Å². The molecule has 0 aliphatic carbocycles. The maximum Gasteiger partial charge on any atom is 0.00555 e. The van der Waals surface area contributed by atoms with Gasteiger partial charge < -0.3 is 44.1 Å². The Labute approximate surface area is 697 Å². The molecule has 0 aromatic heterocycles. The van der Waals surface area contributed by atoms with Crippen LogP contribution in [0.15, 0.2) is 24.6 Å². The van der Waals surface area contributed by atoms with Crippen LogP contribution in [0.5, 0.6) is 0 Å². The standard InChI is InChI=1S/C16H35N.C14H29N.C12H27N.C12H25N.C11H25N.2C10H23N.C8H19N.C7H17N/c1-4-5-6-7-8-9-10-11-12-13-14-15-16-17(2)3;1-4-5-6-7-8-9-10-11-12-13-14-15(2)3;2*1-4-5-6-7-8-9-10-11-12-13(2)3;1-4-5-6-7-8-9-10-11-12(2)3;1-5-7-8-10(6-2)9-11(3)4;1-4-5-6-7-8-9-10-11(2)3;1-4-5-6-7-8-9(2)3;1-4-5-6-7-8(2)3/h4-16H2,1-3H3;13-14H,4-12H2,1-3H3;4-12H2,1-3H3;11-12H,4-10H2,1-3H3;4-11H2,1-3H3;10H,5-9H2,1-4H3;4-10H2,1-3H3;4-8H2,1-3H3;4-7H2,1-3H3. The van der Waals surface area contributed by atoms with Gasteiger partial charge >= 0.3 is 0 Å². The fourth-order valence-corrected chi connectivity index (χ4v) is 12.4. The van der Waals surface area contributed by atoms with E-state index in [0.717, 1.165) is 5.92 Å². The van der Waals surface area contributed by atoms with Crippen LogP contribution in [0.1, 0.15) is 454 Å². The van der Waals surface area contributed by atoms with E-state index in [9.17, 15) is 0 Å². The van der Waals surface area contributed by atoms with E-state index >= 15 is 0 Å². The minimum absolute atomic E-state index is 0.921. The Kier molecular flexibility index (Phi) is 139. The highest BCUT2D eigenvalue weighted by molar-refractivity contribution is 4.79. The van der Waals surface area contributed by atoms with Crippen molar-refractivity contribution in [2.24, 2.45) is 5.92 Å². The molecule has 0 heterocycles. The summed E-state index contributed by atoms with van der Waals surface area (Å²) in [5.74, 6) is 0.921. The van der Waals surface area contributed by atoms with Crippen molar-refractivity contribution >= 4 is 0 Å². The van der Waals surface area contributed by atoms with Crippen LogP contribution in [0.3, 0.4) is 0 Å². The molecule has 0 saturated carbocycles. The number of nitrogens with zero attached hydrogens (tertiary/aromatic N) is 9. The van der Waals surface area contributed by atoms with Crippen molar-refractivity contribution in [3.63, 3.8) is 0 Å². The smallest absolute Gasteiger partial charge is 0.00555 e. The Hall–Kier alpha value is -1.20. The molecule has 0 aliphatic heterocycles. The molecule has 0 fully saturated rings. The average Bonchev–Trinajstić information content (AvgIpc) is 1.08. The van der Waals surface area contributed by atoms with Gasteiger partial charge in [0.1, 0.15) is 0 Å². The molecule has 0 N–H and O–H groups in total. The topological polar surface area (TPSA) is 29.2 Å². The zero-order valence-corrected chi connectivity index (χ0v) is 82.3. The molecule has 0 aromatic rings. The zero-order chi connectivity index (χ0) is 84.0. The number of hydrogen-bond acceptors (Lipinski definition) is 9. The van der Waals surface area contributed by atoms with Gasteiger partial charge in [0.25, 0.3) is 0 Å². The molecule has 0 aliphatic rings. The van der Waals surface area contributed by atoms with E-state index in [2.05, 4.69) is 265 Å². The van der Waals surface area contributed by atoms with Crippen molar-refractivity contribution in [1.29, 1.82) is 0 Å². The summed E-state index contributed by atoms with van der Waals surface area (Å²) < 4.78 is 0. The summed E-state index contributed by atoms with van der Waals surface area (Å²) >= 11 is 0. The largest absolute Gasteiger partial charge is 0.384 e. The Balaban J connectivity index is -0.000000149. The van der Waals surface area contributed by atoms with E-state index in [0.29, 0.717) is 0 Å². The molecule has 668 valence electrons. The first kappa shape index (κ1) is 126. The van der Waals surface area contributed by atoms with Crippen LogP contribution in [0.4, 0.5) is 0 Å². The summed E-state index contributed by atoms with van der Waals surface area (Å²) in [6.07, 6.45) is 93.0.